The molecule has 17 heavy (non-hydrogen) atoms. The van der Waals surface area contributed by atoms with Gasteiger partial charge in [0.25, 0.3) is 0 Å². The molecule has 0 aromatic heterocycles. The lowest BCUT2D eigenvalue weighted by molar-refractivity contribution is -0.125. The molecule has 0 fully saturated rings. The van der Waals surface area contributed by atoms with Gasteiger partial charge < -0.3 is 11.1 Å². The lowest BCUT2D eigenvalue weighted by Crippen LogP contribution is -2.49. The molecule has 0 heterocycles. The van der Waals surface area contributed by atoms with Crippen molar-refractivity contribution in [2.24, 2.45) is 11.1 Å². The average Bonchev–Trinajstić information content (AvgIpc) is 2.27. The number of carbonyl (C=O) groups is 1. The molecule has 1 aromatic carbocycles. The minimum Gasteiger partial charge on any atom is -0.348 e. The summed E-state index contributed by atoms with van der Waals surface area (Å²) in [5.74, 6) is -0.103. The molecule has 0 saturated heterocycles. The highest BCUT2D eigenvalue weighted by Gasteiger charge is 2.28. The van der Waals surface area contributed by atoms with Gasteiger partial charge in [-0.3, -0.25) is 4.79 Å². The third-order valence-corrected chi connectivity index (χ3v) is 2.87. The fraction of sp³-hybridized carbons (Fsp3) is 0.500. The monoisotopic (exact) mass is 234 g/mol. The molecule has 3 N–H and O–H groups in total. The van der Waals surface area contributed by atoms with E-state index in [1.54, 1.807) is 0 Å². The molecular weight excluding hydrogens is 212 g/mol. The Labute approximate surface area is 103 Å². The number of carbonyl (C=O) groups excluding carboxylic acids is 1. The van der Waals surface area contributed by atoms with Crippen LogP contribution in [0.25, 0.3) is 0 Å². The van der Waals surface area contributed by atoms with Crippen LogP contribution in [0.5, 0.6) is 0 Å². The van der Waals surface area contributed by atoms with E-state index in [0.29, 0.717) is 0 Å². The van der Waals surface area contributed by atoms with E-state index in [1.165, 1.54) is 0 Å². The van der Waals surface area contributed by atoms with Crippen molar-refractivity contribution in [3.05, 3.63) is 35.9 Å². The van der Waals surface area contributed by atoms with E-state index in [2.05, 4.69) is 5.32 Å². The number of nitrogens with one attached hydrogen (secondary N) is 1. The number of hydrogen-bond donors (Lipinski definition) is 2. The van der Waals surface area contributed by atoms with Crippen LogP contribution in [0.2, 0.25) is 0 Å². The molecule has 94 valence electrons. The summed E-state index contributed by atoms with van der Waals surface area (Å²) in [5, 5.41) is 2.94. The highest BCUT2D eigenvalue weighted by Crippen LogP contribution is 2.19. The van der Waals surface area contributed by atoms with E-state index < -0.39 is 6.04 Å². The molecule has 0 aliphatic heterocycles. The van der Waals surface area contributed by atoms with Crippen LogP contribution in [0.3, 0.4) is 0 Å². The van der Waals surface area contributed by atoms with Gasteiger partial charge in [-0.1, -0.05) is 51.1 Å². The van der Waals surface area contributed by atoms with Gasteiger partial charge in [0, 0.05) is 0 Å². The Bertz CT molecular complexity index is 368. The molecule has 3 nitrogen and oxygen atoms in total. The van der Waals surface area contributed by atoms with Crippen LogP contribution in [0.15, 0.2) is 30.3 Å². The van der Waals surface area contributed by atoms with E-state index in [-0.39, 0.29) is 17.4 Å². The first-order valence-electron chi connectivity index (χ1n) is 5.93. The fourth-order valence-electron chi connectivity index (χ4n) is 1.52. The maximum absolute atomic E-state index is 11.9. The Balaban J connectivity index is 2.64. The Morgan fingerprint density at radius 2 is 1.76 bits per heavy atom. The molecule has 0 bridgehead atoms. The quantitative estimate of drug-likeness (QED) is 0.842. The van der Waals surface area contributed by atoms with Gasteiger partial charge in [0.1, 0.15) is 0 Å². The maximum atomic E-state index is 11.9. The van der Waals surface area contributed by atoms with Crippen LogP contribution in [0.1, 0.15) is 39.3 Å². The Hall–Kier alpha value is -1.35. The smallest absolute Gasteiger partial charge is 0.237 e. The summed E-state index contributed by atoms with van der Waals surface area (Å²) in [5.41, 5.74) is 6.77. The van der Waals surface area contributed by atoms with Crippen molar-refractivity contribution in [1.82, 2.24) is 5.32 Å². The topological polar surface area (TPSA) is 55.1 Å². The second-order valence-electron chi connectivity index (χ2n) is 5.48. The normalized spacial score (nSPS) is 15.1. The third kappa shape index (κ3) is 3.86. The number of nitrogens with two attached hydrogens (primary N) is 1. The molecule has 2 unspecified atom stereocenters. The summed E-state index contributed by atoms with van der Waals surface area (Å²) in [6.07, 6.45) is 0. The van der Waals surface area contributed by atoms with Crippen molar-refractivity contribution in [3.8, 4) is 0 Å². The first-order chi connectivity index (χ1) is 7.82. The van der Waals surface area contributed by atoms with Crippen LogP contribution < -0.4 is 11.1 Å². The fourth-order valence-corrected chi connectivity index (χ4v) is 1.52. The lowest BCUT2D eigenvalue weighted by atomic mass is 9.86. The van der Waals surface area contributed by atoms with Gasteiger partial charge in [0.05, 0.1) is 12.1 Å². The van der Waals surface area contributed by atoms with Crippen molar-refractivity contribution in [1.29, 1.82) is 0 Å². The van der Waals surface area contributed by atoms with Crippen LogP contribution in [-0.4, -0.2) is 11.9 Å². The zero-order valence-electron chi connectivity index (χ0n) is 11.0. The molecule has 0 spiro atoms. The number of hydrogen-bond acceptors (Lipinski definition) is 2. The highest BCUT2D eigenvalue weighted by molar-refractivity contribution is 5.82. The molecule has 3 heteroatoms. The molecular formula is C14H22N2O. The Kier molecular flexibility index (Phi) is 4.29. The summed E-state index contributed by atoms with van der Waals surface area (Å²) in [6, 6.07) is 9.36. The zero-order chi connectivity index (χ0) is 13.1. The van der Waals surface area contributed by atoms with E-state index >= 15 is 0 Å². The lowest BCUT2D eigenvalue weighted by Gasteiger charge is -2.27. The second-order valence-corrected chi connectivity index (χ2v) is 5.48. The van der Waals surface area contributed by atoms with E-state index in [1.807, 2.05) is 58.0 Å². The average molecular weight is 234 g/mol. The van der Waals surface area contributed by atoms with E-state index in [4.69, 9.17) is 5.73 Å². The largest absolute Gasteiger partial charge is 0.348 e. The number of amides is 1. The summed E-state index contributed by atoms with van der Waals surface area (Å²) < 4.78 is 0. The summed E-state index contributed by atoms with van der Waals surface area (Å²) >= 11 is 0. The SMILES string of the molecule is CC(NC(=O)C(N)C(C)(C)C)c1ccccc1. The van der Waals surface area contributed by atoms with Gasteiger partial charge in [-0.25, -0.2) is 0 Å². The Morgan fingerprint density at radius 1 is 1.24 bits per heavy atom. The van der Waals surface area contributed by atoms with Crippen molar-refractivity contribution >= 4 is 5.91 Å². The molecule has 1 amide bonds. The molecule has 0 aliphatic carbocycles. The van der Waals surface area contributed by atoms with Gasteiger partial charge in [0.15, 0.2) is 0 Å². The van der Waals surface area contributed by atoms with E-state index in [0.717, 1.165) is 5.56 Å². The van der Waals surface area contributed by atoms with Crippen LogP contribution in [0, 0.1) is 5.41 Å². The van der Waals surface area contributed by atoms with Gasteiger partial charge in [-0.2, -0.15) is 0 Å². The summed E-state index contributed by atoms with van der Waals surface area (Å²) in [4.78, 5) is 11.9. The molecule has 2 atom stereocenters. The van der Waals surface area contributed by atoms with Crippen molar-refractivity contribution in [2.45, 2.75) is 39.8 Å². The molecule has 0 aliphatic rings. The standard InChI is InChI=1S/C14H22N2O/c1-10(11-8-6-5-7-9-11)16-13(17)12(15)14(2,3)4/h5-10,12H,15H2,1-4H3,(H,16,17). The van der Waals surface area contributed by atoms with E-state index in [9.17, 15) is 4.79 Å². The zero-order valence-corrected chi connectivity index (χ0v) is 11.0. The highest BCUT2D eigenvalue weighted by atomic mass is 16.2. The van der Waals surface area contributed by atoms with Crippen molar-refractivity contribution in [3.63, 3.8) is 0 Å². The first kappa shape index (κ1) is 13.7. The second kappa shape index (κ2) is 5.32. The van der Waals surface area contributed by atoms with Crippen LogP contribution >= 0.6 is 0 Å². The first-order valence-corrected chi connectivity index (χ1v) is 5.93. The minimum atomic E-state index is -0.492. The maximum Gasteiger partial charge on any atom is 0.237 e. The van der Waals surface area contributed by atoms with Crippen molar-refractivity contribution < 1.29 is 4.79 Å². The van der Waals surface area contributed by atoms with Gasteiger partial charge in [-0.05, 0) is 17.9 Å². The molecule has 1 aromatic rings. The van der Waals surface area contributed by atoms with Gasteiger partial charge in [-0.15, -0.1) is 0 Å². The van der Waals surface area contributed by atoms with Crippen LogP contribution in [0.4, 0.5) is 0 Å². The number of benzene rings is 1. The van der Waals surface area contributed by atoms with Crippen molar-refractivity contribution in [2.75, 3.05) is 0 Å². The van der Waals surface area contributed by atoms with Gasteiger partial charge in [0.2, 0.25) is 5.91 Å². The predicted molar refractivity (Wildman–Crippen MR) is 70.4 cm³/mol. The summed E-state index contributed by atoms with van der Waals surface area (Å²) in [7, 11) is 0. The summed E-state index contributed by atoms with van der Waals surface area (Å²) in [6.45, 7) is 7.85. The molecule has 0 saturated carbocycles. The predicted octanol–water partition coefficient (Wildman–Crippen LogP) is 2.24. The molecule has 1 rings (SSSR count). The van der Waals surface area contributed by atoms with Gasteiger partial charge >= 0.3 is 0 Å². The number of rotatable bonds is 3. The molecule has 0 radical (unpaired) electrons. The third-order valence-electron chi connectivity index (χ3n) is 2.87. The minimum absolute atomic E-state index is 0.0166. The Morgan fingerprint density at radius 3 is 2.24 bits per heavy atom. The van der Waals surface area contributed by atoms with Crippen LogP contribution in [-0.2, 0) is 4.79 Å².